The van der Waals surface area contributed by atoms with Crippen LogP contribution in [0, 0.1) is 6.92 Å². The average molecular weight is 341 g/mol. The van der Waals surface area contributed by atoms with E-state index in [-0.39, 0.29) is 11.4 Å². The highest BCUT2D eigenvalue weighted by Gasteiger charge is 2.21. The number of hydrogen-bond acceptors (Lipinski definition) is 3. The maximum Gasteiger partial charge on any atom is 0.259 e. The van der Waals surface area contributed by atoms with Crippen LogP contribution in [0.3, 0.4) is 0 Å². The molecule has 0 aliphatic heterocycles. The van der Waals surface area contributed by atoms with E-state index in [1.54, 1.807) is 6.20 Å². The molecule has 0 radical (unpaired) electrons. The summed E-state index contributed by atoms with van der Waals surface area (Å²) in [7, 11) is 0. The van der Waals surface area contributed by atoms with Crippen LogP contribution in [-0.4, -0.2) is 21.8 Å². The molecule has 1 aromatic carbocycles. The molecular formula is C20H27N3O2. The third-order valence-electron chi connectivity index (χ3n) is 4.61. The first-order chi connectivity index (χ1) is 11.8. The van der Waals surface area contributed by atoms with Crippen molar-refractivity contribution in [1.82, 2.24) is 9.78 Å². The smallest absolute Gasteiger partial charge is 0.259 e. The van der Waals surface area contributed by atoms with Crippen LogP contribution in [0.2, 0.25) is 0 Å². The summed E-state index contributed by atoms with van der Waals surface area (Å²) in [5.41, 5.74) is 2.07. The Morgan fingerprint density at radius 1 is 1.20 bits per heavy atom. The topological polar surface area (TPSA) is 56.1 Å². The number of ether oxygens (including phenoxy) is 1. The number of rotatable bonds is 4. The summed E-state index contributed by atoms with van der Waals surface area (Å²) in [6.07, 6.45) is 6.74. The first-order valence-corrected chi connectivity index (χ1v) is 8.98. The van der Waals surface area contributed by atoms with Gasteiger partial charge in [-0.05, 0) is 77.6 Å². The monoisotopic (exact) mass is 341 g/mol. The molecule has 0 unspecified atom stereocenters. The van der Waals surface area contributed by atoms with Crippen LogP contribution in [0.5, 0.6) is 5.75 Å². The van der Waals surface area contributed by atoms with Gasteiger partial charge in [0.25, 0.3) is 5.91 Å². The summed E-state index contributed by atoms with van der Waals surface area (Å²) in [5, 5.41) is 7.29. The predicted molar refractivity (Wildman–Crippen MR) is 99.2 cm³/mol. The van der Waals surface area contributed by atoms with Crippen LogP contribution < -0.4 is 10.1 Å². The van der Waals surface area contributed by atoms with Crippen LogP contribution in [-0.2, 0) is 5.54 Å². The van der Waals surface area contributed by atoms with Gasteiger partial charge in [-0.15, -0.1) is 0 Å². The minimum absolute atomic E-state index is 0.141. The number of carbonyl (C=O) groups is 1. The molecule has 1 saturated carbocycles. The second-order valence-electron chi connectivity index (χ2n) is 7.73. The van der Waals surface area contributed by atoms with E-state index < -0.39 is 0 Å². The van der Waals surface area contributed by atoms with E-state index in [0.717, 1.165) is 30.0 Å². The summed E-state index contributed by atoms with van der Waals surface area (Å²) in [4.78, 5) is 12.5. The maximum absolute atomic E-state index is 12.5. The largest absolute Gasteiger partial charge is 0.490 e. The number of nitrogens with zero attached hydrogens (tertiary/aromatic N) is 2. The molecule has 1 aliphatic carbocycles. The van der Waals surface area contributed by atoms with E-state index in [0.29, 0.717) is 11.7 Å². The van der Waals surface area contributed by atoms with Gasteiger partial charge in [0.1, 0.15) is 5.75 Å². The van der Waals surface area contributed by atoms with Crippen LogP contribution in [0.1, 0.15) is 62.5 Å². The first kappa shape index (κ1) is 17.5. The zero-order valence-corrected chi connectivity index (χ0v) is 15.5. The lowest BCUT2D eigenvalue weighted by Gasteiger charge is -2.21. The molecule has 0 bridgehead atoms. The highest BCUT2D eigenvalue weighted by atomic mass is 16.5. The maximum atomic E-state index is 12.5. The Labute approximate surface area is 149 Å². The Kier molecular flexibility index (Phi) is 4.84. The van der Waals surface area contributed by atoms with Crippen molar-refractivity contribution >= 4 is 11.6 Å². The molecule has 134 valence electrons. The minimum Gasteiger partial charge on any atom is -0.490 e. The molecule has 1 N–H and O–H groups in total. The number of nitrogens with one attached hydrogen (secondary N) is 1. The lowest BCUT2D eigenvalue weighted by Crippen LogP contribution is -2.25. The Morgan fingerprint density at radius 3 is 2.40 bits per heavy atom. The fraction of sp³-hybridized carbons (Fsp3) is 0.500. The molecule has 1 amide bonds. The fourth-order valence-corrected chi connectivity index (χ4v) is 3.32. The predicted octanol–water partition coefficient (Wildman–Crippen LogP) is 4.52. The van der Waals surface area contributed by atoms with Crippen molar-refractivity contribution in [3.05, 3.63) is 41.7 Å². The molecule has 25 heavy (non-hydrogen) atoms. The van der Waals surface area contributed by atoms with Crippen molar-refractivity contribution < 1.29 is 9.53 Å². The highest BCUT2D eigenvalue weighted by molar-refractivity contribution is 6.04. The number of benzene rings is 1. The van der Waals surface area contributed by atoms with Gasteiger partial charge in [0.2, 0.25) is 0 Å². The van der Waals surface area contributed by atoms with Gasteiger partial charge in [-0.2, -0.15) is 5.10 Å². The van der Waals surface area contributed by atoms with Gasteiger partial charge in [0, 0.05) is 11.4 Å². The molecule has 0 spiro atoms. The number of amides is 1. The summed E-state index contributed by atoms with van der Waals surface area (Å²) < 4.78 is 7.83. The highest BCUT2D eigenvalue weighted by Crippen LogP contribution is 2.25. The van der Waals surface area contributed by atoms with Gasteiger partial charge in [-0.25, -0.2) is 0 Å². The molecule has 5 nitrogen and oxygen atoms in total. The van der Waals surface area contributed by atoms with E-state index in [1.807, 2.05) is 35.9 Å². The van der Waals surface area contributed by atoms with Crippen LogP contribution in [0.25, 0.3) is 0 Å². The molecule has 5 heteroatoms. The number of aromatic nitrogens is 2. The van der Waals surface area contributed by atoms with Crippen molar-refractivity contribution in [2.45, 2.75) is 65.0 Å². The van der Waals surface area contributed by atoms with Crippen LogP contribution in [0.4, 0.5) is 5.69 Å². The number of anilines is 1. The van der Waals surface area contributed by atoms with Gasteiger partial charge in [0.15, 0.2) is 0 Å². The van der Waals surface area contributed by atoms with E-state index in [9.17, 15) is 4.79 Å². The van der Waals surface area contributed by atoms with Crippen molar-refractivity contribution in [3.8, 4) is 5.75 Å². The Hall–Kier alpha value is -2.30. The second kappa shape index (κ2) is 6.90. The summed E-state index contributed by atoms with van der Waals surface area (Å²) >= 11 is 0. The first-order valence-electron chi connectivity index (χ1n) is 8.98. The number of hydrogen-bond donors (Lipinski definition) is 1. The lowest BCUT2D eigenvalue weighted by atomic mass is 10.1. The SMILES string of the molecule is Cc1c(C(=O)Nc2ccc(OC3CCCC3)cc2)cnn1C(C)(C)C. The molecule has 0 saturated heterocycles. The second-order valence-corrected chi connectivity index (χ2v) is 7.73. The summed E-state index contributed by atoms with van der Waals surface area (Å²) in [6, 6.07) is 7.59. The van der Waals surface area contributed by atoms with Crippen molar-refractivity contribution in [2.75, 3.05) is 5.32 Å². The summed E-state index contributed by atoms with van der Waals surface area (Å²) in [6.45, 7) is 8.12. The van der Waals surface area contributed by atoms with Crippen molar-refractivity contribution in [1.29, 1.82) is 0 Å². The molecular weight excluding hydrogens is 314 g/mol. The molecule has 1 fully saturated rings. The molecule has 1 aromatic heterocycles. The zero-order valence-electron chi connectivity index (χ0n) is 15.5. The van der Waals surface area contributed by atoms with Gasteiger partial charge in [-0.3, -0.25) is 9.48 Å². The van der Waals surface area contributed by atoms with Crippen LogP contribution in [0.15, 0.2) is 30.5 Å². The quantitative estimate of drug-likeness (QED) is 0.889. The third kappa shape index (κ3) is 4.03. The molecule has 3 rings (SSSR count). The van der Waals surface area contributed by atoms with E-state index in [1.165, 1.54) is 12.8 Å². The lowest BCUT2D eigenvalue weighted by molar-refractivity contribution is 0.102. The minimum atomic E-state index is -0.151. The van der Waals surface area contributed by atoms with Gasteiger partial charge in [-0.1, -0.05) is 0 Å². The van der Waals surface area contributed by atoms with E-state index >= 15 is 0 Å². The zero-order chi connectivity index (χ0) is 18.0. The molecule has 1 heterocycles. The van der Waals surface area contributed by atoms with Crippen molar-refractivity contribution in [2.24, 2.45) is 0 Å². The Morgan fingerprint density at radius 2 is 1.84 bits per heavy atom. The van der Waals surface area contributed by atoms with Crippen LogP contribution >= 0.6 is 0 Å². The Balaban J connectivity index is 1.66. The molecule has 1 aliphatic rings. The molecule has 0 atom stereocenters. The van der Waals surface area contributed by atoms with Gasteiger partial charge in [0.05, 0.1) is 23.4 Å². The van der Waals surface area contributed by atoms with Gasteiger partial charge < -0.3 is 10.1 Å². The average Bonchev–Trinajstić information content (AvgIpc) is 3.18. The van der Waals surface area contributed by atoms with E-state index in [4.69, 9.17) is 4.74 Å². The third-order valence-corrected chi connectivity index (χ3v) is 4.61. The van der Waals surface area contributed by atoms with E-state index in [2.05, 4.69) is 31.2 Å². The standard InChI is InChI=1S/C20H27N3O2/c1-14-18(13-21-23(14)20(2,3)4)19(24)22-15-9-11-17(12-10-15)25-16-7-5-6-8-16/h9-13,16H,5-8H2,1-4H3,(H,22,24). The summed E-state index contributed by atoms with van der Waals surface area (Å²) in [5.74, 6) is 0.721. The Bertz CT molecular complexity index is 735. The molecule has 2 aromatic rings. The number of carbonyl (C=O) groups excluding carboxylic acids is 1. The van der Waals surface area contributed by atoms with Gasteiger partial charge >= 0.3 is 0 Å². The van der Waals surface area contributed by atoms with Crippen molar-refractivity contribution in [3.63, 3.8) is 0 Å². The fourth-order valence-electron chi connectivity index (χ4n) is 3.32. The normalized spacial score (nSPS) is 15.4.